The molecule has 0 saturated carbocycles. The van der Waals surface area contributed by atoms with Crippen LogP contribution in [-0.2, 0) is 4.79 Å². The Hall–Kier alpha value is -1.35. The van der Waals surface area contributed by atoms with Crippen molar-refractivity contribution in [2.45, 2.75) is 27.2 Å². The van der Waals surface area contributed by atoms with Crippen LogP contribution in [0.5, 0.6) is 0 Å². The topological polar surface area (TPSA) is 40.5 Å². The highest BCUT2D eigenvalue weighted by molar-refractivity contribution is 5.94. The lowest BCUT2D eigenvalue weighted by molar-refractivity contribution is -0.122. The second kappa shape index (κ2) is 7.17. The van der Waals surface area contributed by atoms with Gasteiger partial charge in [0.15, 0.2) is 0 Å². The van der Waals surface area contributed by atoms with E-state index in [0.29, 0.717) is 12.5 Å². The Bertz CT molecular complexity index is 362. The Kier molecular flexibility index (Phi) is 5.86. The number of hydrogen-bond acceptors (Lipinski definition) is 2. The van der Waals surface area contributed by atoms with Crippen LogP contribution in [0.3, 0.4) is 0 Å². The van der Waals surface area contributed by atoms with E-state index in [2.05, 4.69) is 13.8 Å². The number of benzene rings is 1. The summed E-state index contributed by atoms with van der Waals surface area (Å²) in [6.45, 7) is 6.52. The Morgan fingerprint density at radius 1 is 1.22 bits per heavy atom. The fourth-order valence-electron chi connectivity index (χ4n) is 2.15. The number of carbonyl (C=O) groups excluding carboxylic acids is 1. The average molecular weight is 249 g/mol. The first-order valence-corrected chi connectivity index (χ1v) is 6.53. The van der Waals surface area contributed by atoms with Gasteiger partial charge in [-0.3, -0.25) is 4.79 Å². The van der Waals surface area contributed by atoms with E-state index in [1.54, 1.807) is 4.90 Å². The van der Waals surface area contributed by atoms with E-state index in [0.717, 1.165) is 12.1 Å². The van der Waals surface area contributed by atoms with Crippen LogP contribution in [0, 0.1) is 11.8 Å². The minimum absolute atomic E-state index is 0.0169. The molecule has 1 rings (SSSR count). The molecule has 3 nitrogen and oxygen atoms in total. The first-order chi connectivity index (χ1) is 8.56. The van der Waals surface area contributed by atoms with Crippen LogP contribution < -0.4 is 4.90 Å². The zero-order valence-corrected chi connectivity index (χ0v) is 11.5. The van der Waals surface area contributed by atoms with Gasteiger partial charge in [0.2, 0.25) is 5.91 Å². The summed E-state index contributed by atoms with van der Waals surface area (Å²) in [5.74, 6) is 0.566. The van der Waals surface area contributed by atoms with Gasteiger partial charge >= 0.3 is 0 Å². The Morgan fingerprint density at radius 2 is 1.83 bits per heavy atom. The van der Waals surface area contributed by atoms with Crippen molar-refractivity contribution in [3.8, 4) is 0 Å². The quantitative estimate of drug-likeness (QED) is 0.842. The molecule has 0 fully saturated rings. The first-order valence-electron chi connectivity index (χ1n) is 6.53. The fraction of sp³-hybridized carbons (Fsp3) is 0.533. The van der Waals surface area contributed by atoms with E-state index in [1.807, 2.05) is 37.3 Å². The van der Waals surface area contributed by atoms with Crippen molar-refractivity contribution < 1.29 is 9.90 Å². The van der Waals surface area contributed by atoms with Gasteiger partial charge in [0, 0.05) is 18.2 Å². The Balaban J connectivity index is 2.82. The predicted octanol–water partition coefficient (Wildman–Crippen LogP) is 2.69. The summed E-state index contributed by atoms with van der Waals surface area (Å²) in [6.07, 6.45) is 0.869. The highest BCUT2D eigenvalue weighted by Gasteiger charge is 2.22. The summed E-state index contributed by atoms with van der Waals surface area (Å²) in [7, 11) is 0. The van der Waals surface area contributed by atoms with Crippen molar-refractivity contribution in [2.24, 2.45) is 11.8 Å². The molecule has 0 bridgehead atoms. The van der Waals surface area contributed by atoms with Crippen LogP contribution >= 0.6 is 0 Å². The van der Waals surface area contributed by atoms with Gasteiger partial charge in [-0.2, -0.15) is 0 Å². The van der Waals surface area contributed by atoms with Crippen LogP contribution in [0.1, 0.15) is 27.2 Å². The summed E-state index contributed by atoms with van der Waals surface area (Å²) in [5.41, 5.74) is 0.854. The molecule has 18 heavy (non-hydrogen) atoms. The van der Waals surface area contributed by atoms with Gasteiger partial charge in [-0.15, -0.1) is 0 Å². The molecular formula is C15H23NO2. The molecule has 0 unspecified atom stereocenters. The maximum absolute atomic E-state index is 12.4. The molecule has 100 valence electrons. The Morgan fingerprint density at radius 3 is 2.33 bits per heavy atom. The standard InChI is InChI=1S/C15H23NO2/c1-12(2)11-13(3)15(18)16(9-10-17)14-7-5-4-6-8-14/h4-8,12-13,17H,9-11H2,1-3H3/t13-/m1/s1. The molecule has 1 aromatic carbocycles. The molecule has 1 N–H and O–H groups in total. The number of rotatable bonds is 6. The summed E-state index contributed by atoms with van der Waals surface area (Å²) < 4.78 is 0. The number of amides is 1. The molecule has 0 aliphatic carbocycles. The van der Waals surface area contributed by atoms with Crippen molar-refractivity contribution in [2.75, 3.05) is 18.1 Å². The van der Waals surface area contributed by atoms with Crippen LogP contribution in [-0.4, -0.2) is 24.2 Å². The molecule has 3 heteroatoms. The van der Waals surface area contributed by atoms with Gasteiger partial charge in [-0.05, 0) is 24.5 Å². The maximum atomic E-state index is 12.4. The maximum Gasteiger partial charge on any atom is 0.229 e. The molecule has 0 heterocycles. The largest absolute Gasteiger partial charge is 0.395 e. The number of carbonyl (C=O) groups is 1. The smallest absolute Gasteiger partial charge is 0.229 e. The number of hydrogen-bond donors (Lipinski definition) is 1. The van der Waals surface area contributed by atoms with E-state index in [4.69, 9.17) is 5.11 Å². The van der Waals surface area contributed by atoms with Gasteiger partial charge in [0.1, 0.15) is 0 Å². The van der Waals surface area contributed by atoms with Gasteiger partial charge in [0.25, 0.3) is 0 Å². The number of nitrogens with zero attached hydrogens (tertiary/aromatic N) is 1. The Labute approximate surface area is 109 Å². The predicted molar refractivity (Wildman–Crippen MR) is 74.5 cm³/mol. The zero-order valence-electron chi connectivity index (χ0n) is 11.5. The molecular weight excluding hydrogens is 226 g/mol. The minimum atomic E-state index is -0.0188. The van der Waals surface area contributed by atoms with E-state index in [-0.39, 0.29) is 18.4 Å². The highest BCUT2D eigenvalue weighted by Crippen LogP contribution is 2.19. The lowest BCUT2D eigenvalue weighted by Crippen LogP contribution is -2.37. The zero-order chi connectivity index (χ0) is 13.5. The molecule has 0 aliphatic rings. The molecule has 0 aliphatic heterocycles. The fourth-order valence-corrected chi connectivity index (χ4v) is 2.15. The minimum Gasteiger partial charge on any atom is -0.395 e. The van der Waals surface area contributed by atoms with Crippen LogP contribution in [0.25, 0.3) is 0 Å². The van der Waals surface area contributed by atoms with E-state index >= 15 is 0 Å². The number of anilines is 1. The SMILES string of the molecule is CC(C)C[C@@H](C)C(=O)N(CCO)c1ccccc1. The van der Waals surface area contributed by atoms with E-state index in [1.165, 1.54) is 0 Å². The van der Waals surface area contributed by atoms with Crippen molar-refractivity contribution in [1.82, 2.24) is 0 Å². The van der Waals surface area contributed by atoms with E-state index < -0.39 is 0 Å². The number of aliphatic hydroxyl groups excluding tert-OH is 1. The van der Waals surface area contributed by atoms with Crippen LogP contribution in [0.4, 0.5) is 5.69 Å². The van der Waals surface area contributed by atoms with Crippen molar-refractivity contribution >= 4 is 11.6 Å². The monoisotopic (exact) mass is 249 g/mol. The summed E-state index contributed by atoms with van der Waals surface area (Å²) in [6, 6.07) is 9.52. The third-order valence-electron chi connectivity index (χ3n) is 2.90. The second-order valence-electron chi connectivity index (χ2n) is 5.08. The third kappa shape index (κ3) is 4.15. The molecule has 0 saturated heterocycles. The van der Waals surface area contributed by atoms with Gasteiger partial charge in [0.05, 0.1) is 6.61 Å². The lowest BCUT2D eigenvalue weighted by atomic mass is 9.97. The average Bonchev–Trinajstić information content (AvgIpc) is 2.35. The van der Waals surface area contributed by atoms with Gasteiger partial charge in [-0.1, -0.05) is 39.0 Å². The molecule has 1 amide bonds. The van der Waals surface area contributed by atoms with Gasteiger partial charge in [-0.25, -0.2) is 0 Å². The van der Waals surface area contributed by atoms with E-state index in [9.17, 15) is 4.79 Å². The van der Waals surface area contributed by atoms with Crippen LogP contribution in [0.2, 0.25) is 0 Å². The number of para-hydroxylation sites is 1. The number of aliphatic hydroxyl groups is 1. The lowest BCUT2D eigenvalue weighted by Gasteiger charge is -2.26. The first kappa shape index (κ1) is 14.7. The van der Waals surface area contributed by atoms with Crippen LogP contribution in [0.15, 0.2) is 30.3 Å². The molecule has 0 radical (unpaired) electrons. The van der Waals surface area contributed by atoms with Crippen molar-refractivity contribution in [3.63, 3.8) is 0 Å². The summed E-state index contributed by atoms with van der Waals surface area (Å²) in [4.78, 5) is 14.1. The highest BCUT2D eigenvalue weighted by atomic mass is 16.3. The molecule has 0 spiro atoms. The molecule has 1 atom stereocenters. The molecule has 1 aromatic rings. The third-order valence-corrected chi connectivity index (χ3v) is 2.90. The molecule has 0 aromatic heterocycles. The normalized spacial score (nSPS) is 12.5. The second-order valence-corrected chi connectivity index (χ2v) is 5.08. The summed E-state index contributed by atoms with van der Waals surface area (Å²) >= 11 is 0. The van der Waals surface area contributed by atoms with Crippen molar-refractivity contribution in [3.05, 3.63) is 30.3 Å². The van der Waals surface area contributed by atoms with Gasteiger partial charge < -0.3 is 10.0 Å². The van der Waals surface area contributed by atoms with Crippen molar-refractivity contribution in [1.29, 1.82) is 0 Å². The summed E-state index contributed by atoms with van der Waals surface area (Å²) in [5, 5.41) is 9.12.